The standard InChI is InChI=1S/C23H22N2O3/c1-26-19-10-7-17(8-11-19)15-28-22-12-9-18(13-23(22)27-2)14-25-16-24-20-5-3-4-6-21(20)25/h3-13,16H,14-15H2,1-2H3. The van der Waals surface area contributed by atoms with E-state index in [-0.39, 0.29) is 0 Å². The van der Waals surface area contributed by atoms with Gasteiger partial charge in [-0.25, -0.2) is 4.98 Å². The summed E-state index contributed by atoms with van der Waals surface area (Å²) in [6.45, 7) is 1.18. The number of fused-ring (bicyclic) bond motifs is 1. The average Bonchev–Trinajstić information content (AvgIpc) is 3.16. The van der Waals surface area contributed by atoms with Crippen LogP contribution in [0.4, 0.5) is 0 Å². The molecule has 5 nitrogen and oxygen atoms in total. The molecule has 0 saturated carbocycles. The van der Waals surface area contributed by atoms with Crippen LogP contribution in [-0.4, -0.2) is 23.8 Å². The predicted molar refractivity (Wildman–Crippen MR) is 109 cm³/mol. The van der Waals surface area contributed by atoms with Gasteiger partial charge in [-0.1, -0.05) is 30.3 Å². The quantitative estimate of drug-likeness (QED) is 0.471. The highest BCUT2D eigenvalue weighted by molar-refractivity contribution is 5.75. The molecule has 0 aliphatic carbocycles. The molecule has 28 heavy (non-hydrogen) atoms. The Labute approximate surface area is 164 Å². The van der Waals surface area contributed by atoms with E-state index in [0.717, 1.165) is 46.0 Å². The van der Waals surface area contributed by atoms with Crippen LogP contribution in [0.1, 0.15) is 11.1 Å². The van der Waals surface area contributed by atoms with Crippen LogP contribution in [0.3, 0.4) is 0 Å². The van der Waals surface area contributed by atoms with Crippen molar-refractivity contribution >= 4 is 11.0 Å². The van der Waals surface area contributed by atoms with Crippen molar-refractivity contribution in [2.24, 2.45) is 0 Å². The van der Waals surface area contributed by atoms with E-state index in [1.54, 1.807) is 14.2 Å². The number of hydrogen-bond donors (Lipinski definition) is 0. The van der Waals surface area contributed by atoms with Gasteiger partial charge < -0.3 is 18.8 Å². The minimum Gasteiger partial charge on any atom is -0.497 e. The van der Waals surface area contributed by atoms with Crippen molar-refractivity contribution in [3.63, 3.8) is 0 Å². The van der Waals surface area contributed by atoms with E-state index in [1.807, 2.05) is 60.9 Å². The van der Waals surface area contributed by atoms with E-state index in [4.69, 9.17) is 14.2 Å². The molecule has 4 rings (SSSR count). The lowest BCUT2D eigenvalue weighted by atomic mass is 10.2. The largest absolute Gasteiger partial charge is 0.497 e. The van der Waals surface area contributed by atoms with E-state index in [9.17, 15) is 0 Å². The smallest absolute Gasteiger partial charge is 0.161 e. The molecule has 0 aliphatic heterocycles. The Bertz CT molecular complexity index is 1070. The predicted octanol–water partition coefficient (Wildman–Crippen LogP) is 4.68. The molecule has 0 aliphatic rings. The Morgan fingerprint density at radius 1 is 0.821 bits per heavy atom. The summed E-state index contributed by atoms with van der Waals surface area (Å²) in [4.78, 5) is 4.45. The van der Waals surface area contributed by atoms with Crippen molar-refractivity contribution in [3.8, 4) is 17.2 Å². The van der Waals surface area contributed by atoms with Gasteiger partial charge in [-0.05, 0) is 47.5 Å². The molecular formula is C23H22N2O3. The Hall–Kier alpha value is -3.47. The first-order valence-electron chi connectivity index (χ1n) is 9.09. The molecule has 3 aromatic carbocycles. The molecule has 0 fully saturated rings. The summed E-state index contributed by atoms with van der Waals surface area (Å²) in [7, 11) is 3.32. The third kappa shape index (κ3) is 3.78. The minimum atomic E-state index is 0.464. The van der Waals surface area contributed by atoms with Crippen molar-refractivity contribution in [2.75, 3.05) is 14.2 Å². The zero-order valence-electron chi connectivity index (χ0n) is 16.0. The molecular weight excluding hydrogens is 352 g/mol. The van der Waals surface area contributed by atoms with E-state index in [1.165, 1.54) is 0 Å². The van der Waals surface area contributed by atoms with Crippen LogP contribution in [0.25, 0.3) is 11.0 Å². The molecule has 0 radical (unpaired) electrons. The van der Waals surface area contributed by atoms with Gasteiger partial charge in [-0.3, -0.25) is 0 Å². The van der Waals surface area contributed by atoms with Gasteiger partial charge in [-0.2, -0.15) is 0 Å². The molecule has 1 aromatic heterocycles. The molecule has 0 bridgehead atoms. The van der Waals surface area contributed by atoms with Crippen LogP contribution < -0.4 is 14.2 Å². The number of para-hydroxylation sites is 2. The van der Waals surface area contributed by atoms with Crippen LogP contribution in [-0.2, 0) is 13.2 Å². The third-order valence-corrected chi connectivity index (χ3v) is 4.66. The lowest BCUT2D eigenvalue weighted by molar-refractivity contribution is 0.284. The Morgan fingerprint density at radius 3 is 2.39 bits per heavy atom. The Balaban J connectivity index is 1.49. The number of aromatic nitrogens is 2. The summed E-state index contributed by atoms with van der Waals surface area (Å²) in [5.74, 6) is 2.27. The van der Waals surface area contributed by atoms with Crippen molar-refractivity contribution in [2.45, 2.75) is 13.2 Å². The van der Waals surface area contributed by atoms with E-state index >= 15 is 0 Å². The fraction of sp³-hybridized carbons (Fsp3) is 0.174. The van der Waals surface area contributed by atoms with Gasteiger partial charge in [0.1, 0.15) is 12.4 Å². The second kappa shape index (κ2) is 8.05. The summed E-state index contributed by atoms with van der Waals surface area (Å²) in [5.41, 5.74) is 4.30. The highest BCUT2D eigenvalue weighted by Gasteiger charge is 2.08. The van der Waals surface area contributed by atoms with Crippen molar-refractivity contribution in [1.82, 2.24) is 9.55 Å². The number of nitrogens with zero attached hydrogens (tertiary/aromatic N) is 2. The van der Waals surface area contributed by atoms with Gasteiger partial charge in [0.25, 0.3) is 0 Å². The van der Waals surface area contributed by atoms with Crippen LogP contribution >= 0.6 is 0 Å². The molecule has 5 heteroatoms. The number of methoxy groups -OCH3 is 2. The van der Waals surface area contributed by atoms with Gasteiger partial charge >= 0.3 is 0 Å². The van der Waals surface area contributed by atoms with Gasteiger partial charge in [0.15, 0.2) is 11.5 Å². The van der Waals surface area contributed by atoms with E-state index in [0.29, 0.717) is 6.61 Å². The number of benzene rings is 3. The molecule has 0 amide bonds. The highest BCUT2D eigenvalue weighted by atomic mass is 16.5. The van der Waals surface area contributed by atoms with Gasteiger partial charge in [-0.15, -0.1) is 0 Å². The summed E-state index contributed by atoms with van der Waals surface area (Å²) in [6, 6.07) is 22.0. The first kappa shape index (κ1) is 17.9. The number of ether oxygens (including phenoxy) is 3. The SMILES string of the molecule is COc1ccc(COc2ccc(Cn3cnc4ccccc43)cc2OC)cc1. The van der Waals surface area contributed by atoms with E-state index in [2.05, 4.69) is 21.7 Å². The van der Waals surface area contributed by atoms with Crippen molar-refractivity contribution < 1.29 is 14.2 Å². The van der Waals surface area contributed by atoms with Gasteiger partial charge in [0.05, 0.1) is 31.6 Å². The number of rotatable bonds is 7. The molecule has 0 unspecified atom stereocenters. The normalized spacial score (nSPS) is 10.8. The first-order valence-corrected chi connectivity index (χ1v) is 9.09. The molecule has 0 saturated heterocycles. The second-order valence-corrected chi connectivity index (χ2v) is 6.48. The topological polar surface area (TPSA) is 45.5 Å². The lowest BCUT2D eigenvalue weighted by Gasteiger charge is -2.13. The second-order valence-electron chi connectivity index (χ2n) is 6.48. The van der Waals surface area contributed by atoms with Gasteiger partial charge in [0, 0.05) is 6.54 Å². The highest BCUT2D eigenvalue weighted by Crippen LogP contribution is 2.29. The van der Waals surface area contributed by atoms with Crippen LogP contribution in [0.2, 0.25) is 0 Å². The average molecular weight is 374 g/mol. The molecule has 142 valence electrons. The van der Waals surface area contributed by atoms with Crippen molar-refractivity contribution in [1.29, 1.82) is 0 Å². The van der Waals surface area contributed by atoms with Crippen LogP contribution in [0.15, 0.2) is 73.1 Å². The maximum absolute atomic E-state index is 5.96. The minimum absolute atomic E-state index is 0.464. The molecule has 0 atom stereocenters. The lowest BCUT2D eigenvalue weighted by Crippen LogP contribution is -2.01. The number of hydrogen-bond acceptors (Lipinski definition) is 4. The fourth-order valence-corrected chi connectivity index (χ4v) is 3.15. The van der Waals surface area contributed by atoms with E-state index < -0.39 is 0 Å². The maximum Gasteiger partial charge on any atom is 0.161 e. The summed E-state index contributed by atoms with van der Waals surface area (Å²) in [6.07, 6.45) is 1.87. The summed E-state index contributed by atoms with van der Waals surface area (Å²) < 4.78 is 18.8. The number of imidazole rings is 1. The Kier molecular flexibility index (Phi) is 5.15. The monoisotopic (exact) mass is 374 g/mol. The fourth-order valence-electron chi connectivity index (χ4n) is 3.15. The van der Waals surface area contributed by atoms with Crippen LogP contribution in [0, 0.1) is 0 Å². The molecule has 4 aromatic rings. The maximum atomic E-state index is 5.96. The van der Waals surface area contributed by atoms with Crippen LogP contribution in [0.5, 0.6) is 17.2 Å². The Morgan fingerprint density at radius 2 is 1.61 bits per heavy atom. The zero-order chi connectivity index (χ0) is 19.3. The third-order valence-electron chi connectivity index (χ3n) is 4.66. The summed E-state index contributed by atoms with van der Waals surface area (Å²) >= 11 is 0. The molecule has 1 heterocycles. The van der Waals surface area contributed by atoms with Gasteiger partial charge in [0.2, 0.25) is 0 Å². The summed E-state index contributed by atoms with van der Waals surface area (Å²) in [5, 5.41) is 0. The van der Waals surface area contributed by atoms with Crippen molar-refractivity contribution in [3.05, 3.63) is 84.2 Å². The zero-order valence-corrected chi connectivity index (χ0v) is 16.0. The molecule has 0 spiro atoms. The first-order chi connectivity index (χ1) is 13.8. The molecule has 0 N–H and O–H groups in total.